The topological polar surface area (TPSA) is 43.7 Å². The normalized spacial score (nSPS) is 17.5. The predicted molar refractivity (Wildman–Crippen MR) is 80.0 cm³/mol. The standard InChI is InChI=1S/C15H22BrNO2/c16-13-6-4-12(5-7-13)15(19)8-9-17(10-11-18)14-2-1-3-14/h4-7,14-15,18-19H,1-3,8-11H2. The molecule has 2 N–H and O–H groups in total. The Morgan fingerprint density at radius 3 is 2.42 bits per heavy atom. The second-order valence-corrected chi connectivity index (χ2v) is 6.12. The van der Waals surface area contributed by atoms with Gasteiger partial charge in [-0.2, -0.15) is 0 Å². The van der Waals surface area contributed by atoms with Gasteiger partial charge in [0.2, 0.25) is 0 Å². The summed E-state index contributed by atoms with van der Waals surface area (Å²) in [5.41, 5.74) is 0.959. The number of hydrogen-bond acceptors (Lipinski definition) is 3. The molecule has 0 heterocycles. The van der Waals surface area contributed by atoms with Crippen molar-refractivity contribution in [1.82, 2.24) is 4.90 Å². The Balaban J connectivity index is 1.83. The molecule has 0 saturated heterocycles. The van der Waals surface area contributed by atoms with E-state index in [1.807, 2.05) is 24.3 Å². The van der Waals surface area contributed by atoms with Crippen LogP contribution >= 0.6 is 15.9 Å². The van der Waals surface area contributed by atoms with Crippen molar-refractivity contribution < 1.29 is 10.2 Å². The Hall–Kier alpha value is -0.420. The molecule has 1 aliphatic rings. The van der Waals surface area contributed by atoms with Gasteiger partial charge >= 0.3 is 0 Å². The summed E-state index contributed by atoms with van der Waals surface area (Å²) >= 11 is 3.40. The molecule has 0 radical (unpaired) electrons. The summed E-state index contributed by atoms with van der Waals surface area (Å²) in [6, 6.07) is 8.43. The van der Waals surface area contributed by atoms with Crippen LogP contribution in [0.3, 0.4) is 0 Å². The smallest absolute Gasteiger partial charge is 0.0802 e. The molecule has 106 valence electrons. The van der Waals surface area contributed by atoms with Crippen LogP contribution in [0.5, 0.6) is 0 Å². The monoisotopic (exact) mass is 327 g/mol. The zero-order chi connectivity index (χ0) is 13.7. The summed E-state index contributed by atoms with van der Waals surface area (Å²) in [5.74, 6) is 0. The summed E-state index contributed by atoms with van der Waals surface area (Å²) < 4.78 is 1.03. The molecule has 1 fully saturated rings. The Kier molecular flexibility index (Phi) is 5.82. The lowest BCUT2D eigenvalue weighted by molar-refractivity contribution is 0.0765. The number of aliphatic hydroxyl groups is 2. The maximum Gasteiger partial charge on any atom is 0.0802 e. The van der Waals surface area contributed by atoms with Crippen LogP contribution in [0.1, 0.15) is 37.4 Å². The van der Waals surface area contributed by atoms with Crippen molar-refractivity contribution in [1.29, 1.82) is 0 Å². The van der Waals surface area contributed by atoms with Crippen molar-refractivity contribution in [2.75, 3.05) is 19.7 Å². The fourth-order valence-electron chi connectivity index (χ4n) is 2.50. The Labute approximate surface area is 123 Å². The van der Waals surface area contributed by atoms with Gasteiger partial charge in [0.05, 0.1) is 12.7 Å². The molecule has 1 unspecified atom stereocenters. The van der Waals surface area contributed by atoms with Crippen LogP contribution in [0.15, 0.2) is 28.7 Å². The zero-order valence-corrected chi connectivity index (χ0v) is 12.7. The number of benzene rings is 1. The summed E-state index contributed by atoms with van der Waals surface area (Å²) in [6.45, 7) is 1.77. The van der Waals surface area contributed by atoms with E-state index >= 15 is 0 Å². The summed E-state index contributed by atoms with van der Waals surface area (Å²) in [6.07, 6.45) is 4.05. The van der Waals surface area contributed by atoms with Gasteiger partial charge in [-0.05, 0) is 37.0 Å². The third kappa shape index (κ3) is 4.28. The molecule has 1 aromatic rings. The largest absolute Gasteiger partial charge is 0.395 e. The van der Waals surface area contributed by atoms with Crippen LogP contribution < -0.4 is 0 Å². The van der Waals surface area contributed by atoms with E-state index in [-0.39, 0.29) is 6.61 Å². The van der Waals surface area contributed by atoms with Gasteiger partial charge in [0.25, 0.3) is 0 Å². The highest BCUT2D eigenvalue weighted by Crippen LogP contribution is 2.26. The molecular formula is C15H22BrNO2. The van der Waals surface area contributed by atoms with Gasteiger partial charge < -0.3 is 10.2 Å². The molecule has 4 heteroatoms. The van der Waals surface area contributed by atoms with Crippen molar-refractivity contribution in [2.45, 2.75) is 37.8 Å². The maximum atomic E-state index is 10.2. The fraction of sp³-hybridized carbons (Fsp3) is 0.600. The first-order valence-corrected chi connectivity index (χ1v) is 7.78. The number of aliphatic hydroxyl groups excluding tert-OH is 2. The van der Waals surface area contributed by atoms with Crippen LogP contribution in [0.4, 0.5) is 0 Å². The van der Waals surface area contributed by atoms with E-state index in [1.54, 1.807) is 0 Å². The number of halogens is 1. The molecule has 0 amide bonds. The minimum atomic E-state index is -0.422. The Morgan fingerprint density at radius 2 is 1.89 bits per heavy atom. The molecule has 1 saturated carbocycles. The van der Waals surface area contributed by atoms with Gasteiger partial charge in [0.15, 0.2) is 0 Å². The molecule has 0 aliphatic heterocycles. The SMILES string of the molecule is OCCN(CCC(O)c1ccc(Br)cc1)C1CCC1. The van der Waals surface area contributed by atoms with Gasteiger partial charge in [-0.3, -0.25) is 4.90 Å². The first-order chi connectivity index (χ1) is 9.20. The highest BCUT2D eigenvalue weighted by molar-refractivity contribution is 9.10. The highest BCUT2D eigenvalue weighted by atomic mass is 79.9. The van der Waals surface area contributed by atoms with Crippen molar-refractivity contribution in [2.24, 2.45) is 0 Å². The van der Waals surface area contributed by atoms with Crippen molar-refractivity contribution >= 4 is 15.9 Å². The molecular weight excluding hydrogens is 306 g/mol. The van der Waals surface area contributed by atoms with Crippen molar-refractivity contribution in [3.63, 3.8) is 0 Å². The molecule has 0 spiro atoms. The number of nitrogens with zero attached hydrogens (tertiary/aromatic N) is 1. The van der Waals surface area contributed by atoms with Crippen LogP contribution in [0.2, 0.25) is 0 Å². The van der Waals surface area contributed by atoms with Gasteiger partial charge in [0.1, 0.15) is 0 Å². The third-order valence-corrected chi connectivity index (χ3v) is 4.45. The van der Waals surface area contributed by atoms with Gasteiger partial charge in [-0.25, -0.2) is 0 Å². The molecule has 0 bridgehead atoms. The lowest BCUT2D eigenvalue weighted by atomic mass is 9.91. The van der Waals surface area contributed by atoms with E-state index in [0.29, 0.717) is 6.04 Å². The molecule has 19 heavy (non-hydrogen) atoms. The van der Waals surface area contributed by atoms with Gasteiger partial charge in [0, 0.05) is 23.6 Å². The van der Waals surface area contributed by atoms with Crippen LogP contribution in [0, 0.1) is 0 Å². The quantitative estimate of drug-likeness (QED) is 0.809. The highest BCUT2D eigenvalue weighted by Gasteiger charge is 2.24. The molecule has 1 aromatic carbocycles. The average molecular weight is 328 g/mol. The molecule has 2 rings (SSSR count). The lowest BCUT2D eigenvalue weighted by Gasteiger charge is -2.37. The zero-order valence-electron chi connectivity index (χ0n) is 11.1. The van der Waals surface area contributed by atoms with Crippen molar-refractivity contribution in [3.05, 3.63) is 34.3 Å². The van der Waals surface area contributed by atoms with E-state index in [2.05, 4.69) is 20.8 Å². The molecule has 3 nitrogen and oxygen atoms in total. The van der Waals surface area contributed by atoms with Crippen molar-refractivity contribution in [3.8, 4) is 0 Å². The summed E-state index contributed by atoms with van der Waals surface area (Å²) in [4.78, 5) is 2.31. The molecule has 1 aliphatic carbocycles. The molecule has 1 atom stereocenters. The first-order valence-electron chi connectivity index (χ1n) is 6.99. The molecule has 0 aromatic heterocycles. The van der Waals surface area contributed by atoms with Gasteiger partial charge in [-0.15, -0.1) is 0 Å². The number of hydrogen-bond donors (Lipinski definition) is 2. The first kappa shape index (κ1) is 15.0. The van der Waals surface area contributed by atoms with E-state index in [4.69, 9.17) is 5.11 Å². The summed E-state index contributed by atoms with van der Waals surface area (Å²) in [5, 5.41) is 19.3. The van der Waals surface area contributed by atoms with Crippen LogP contribution in [-0.2, 0) is 0 Å². The Morgan fingerprint density at radius 1 is 1.21 bits per heavy atom. The van der Waals surface area contributed by atoms with E-state index in [0.717, 1.165) is 29.5 Å². The van der Waals surface area contributed by atoms with Crippen LogP contribution in [0.25, 0.3) is 0 Å². The van der Waals surface area contributed by atoms with Gasteiger partial charge in [-0.1, -0.05) is 34.5 Å². The lowest BCUT2D eigenvalue weighted by Crippen LogP contribution is -2.42. The predicted octanol–water partition coefficient (Wildman–Crippen LogP) is 2.72. The van der Waals surface area contributed by atoms with E-state index in [9.17, 15) is 5.11 Å². The minimum Gasteiger partial charge on any atom is -0.395 e. The second-order valence-electron chi connectivity index (χ2n) is 5.20. The second kappa shape index (κ2) is 7.39. The third-order valence-electron chi connectivity index (χ3n) is 3.92. The minimum absolute atomic E-state index is 0.199. The fourth-order valence-corrected chi connectivity index (χ4v) is 2.76. The average Bonchev–Trinajstić information content (AvgIpc) is 2.34. The number of rotatable bonds is 7. The maximum absolute atomic E-state index is 10.2. The van der Waals surface area contributed by atoms with Crippen LogP contribution in [-0.4, -0.2) is 40.9 Å². The summed E-state index contributed by atoms with van der Waals surface area (Å²) in [7, 11) is 0. The van der Waals surface area contributed by atoms with E-state index in [1.165, 1.54) is 19.3 Å². The Bertz CT molecular complexity index is 378. The van der Waals surface area contributed by atoms with E-state index < -0.39 is 6.10 Å².